The van der Waals surface area contributed by atoms with E-state index in [4.69, 9.17) is 0 Å². The first-order valence-corrected chi connectivity index (χ1v) is 14.0. The summed E-state index contributed by atoms with van der Waals surface area (Å²) in [7, 11) is 2.06. The Bertz CT molecular complexity index is 2000. The number of nitrogens with one attached hydrogen (secondary N) is 3. The van der Waals surface area contributed by atoms with Crippen molar-refractivity contribution < 1.29 is 23.1 Å². The molecule has 4 aromatic heterocycles. The zero-order chi connectivity index (χ0) is 30.2. The highest BCUT2D eigenvalue weighted by Gasteiger charge is 2.42. The Kier molecular flexibility index (Phi) is 6.13. The van der Waals surface area contributed by atoms with Crippen LogP contribution >= 0.6 is 0 Å². The third-order valence-corrected chi connectivity index (χ3v) is 8.69. The van der Waals surface area contributed by atoms with Gasteiger partial charge in [-0.05, 0) is 44.5 Å². The quantitative estimate of drug-likeness (QED) is 0.227. The lowest BCUT2D eigenvalue weighted by atomic mass is 9.99. The lowest BCUT2D eigenvalue weighted by molar-refractivity contribution is -0.137. The molecule has 7 rings (SSSR count). The molecule has 10 nitrogen and oxygen atoms in total. The van der Waals surface area contributed by atoms with Crippen LogP contribution in [-0.2, 0) is 6.18 Å². The highest BCUT2D eigenvalue weighted by atomic mass is 19.4. The number of carbonyl (C=O) groups is 1. The molecule has 43 heavy (non-hydrogen) atoms. The van der Waals surface area contributed by atoms with Gasteiger partial charge in [0.25, 0.3) is 0 Å². The minimum Gasteiger partial charge on any atom is -0.477 e. The molecular weight excluding hydrogens is 563 g/mol. The van der Waals surface area contributed by atoms with E-state index in [-0.39, 0.29) is 17.1 Å². The first kappa shape index (κ1) is 27.2. The topological polar surface area (TPSA) is 130 Å². The highest BCUT2D eigenvalue weighted by Crippen LogP contribution is 2.47. The molecule has 6 heterocycles. The van der Waals surface area contributed by atoms with Gasteiger partial charge in [0.05, 0.1) is 33.2 Å². The summed E-state index contributed by atoms with van der Waals surface area (Å²) >= 11 is 0. The number of carboxylic acid groups (broad SMARTS) is 1. The maximum atomic E-state index is 14.1. The van der Waals surface area contributed by atoms with Gasteiger partial charge < -0.3 is 30.2 Å². The maximum absolute atomic E-state index is 14.1. The number of alkyl halides is 3. The number of halogens is 3. The van der Waals surface area contributed by atoms with Crippen LogP contribution in [0.4, 0.5) is 24.5 Å². The standard InChI is InChI=1S/C30H28F3N7O3/c1-3-34-21-8-16(30(31,32)33)7-17-23-25(40-5-4-14-12-39(2)13-22(14)40)19(10-37-28(23)38-24(17)21)15-6-18-26(41)20(29(42)43)11-36-27(18)35-9-15/h6-11,14,22,34H,3-5,12-13H2,1-2H3,(H,37,38)(H,42,43)(H,35,36,41)/t14-,22+/m0/s1. The number of aromatic nitrogens is 4. The van der Waals surface area contributed by atoms with Crippen molar-refractivity contribution in [1.82, 2.24) is 24.8 Å². The van der Waals surface area contributed by atoms with E-state index in [1.54, 1.807) is 18.5 Å². The van der Waals surface area contributed by atoms with Gasteiger partial charge in [-0.2, -0.15) is 13.2 Å². The number of carboxylic acids is 1. The first-order chi connectivity index (χ1) is 20.5. The molecule has 0 amide bonds. The van der Waals surface area contributed by atoms with Crippen LogP contribution in [0.5, 0.6) is 0 Å². The SMILES string of the molecule is CCNc1cc(C(F)(F)F)cc2c1[nH]c1ncc(-c3cnc4[nH]cc(C(=O)O)c(=O)c4c3)c(N3CC[C@H]4CN(C)C[C@H]43)c12. The lowest BCUT2D eigenvalue weighted by Crippen LogP contribution is -2.35. The molecule has 2 aliphatic heterocycles. The van der Waals surface area contributed by atoms with Crippen LogP contribution in [0.1, 0.15) is 29.3 Å². The molecule has 2 saturated heterocycles. The summed E-state index contributed by atoms with van der Waals surface area (Å²) < 4.78 is 42.4. The Labute approximate surface area is 242 Å². The van der Waals surface area contributed by atoms with Crippen LogP contribution in [0.25, 0.3) is 44.1 Å². The molecule has 2 aliphatic rings. The fraction of sp³-hybridized carbons (Fsp3) is 0.333. The van der Waals surface area contributed by atoms with Crippen LogP contribution in [0.15, 0.2) is 41.6 Å². The van der Waals surface area contributed by atoms with Gasteiger partial charge in [0.1, 0.15) is 16.9 Å². The van der Waals surface area contributed by atoms with E-state index in [1.165, 1.54) is 6.07 Å². The van der Waals surface area contributed by atoms with Crippen molar-refractivity contribution in [2.24, 2.45) is 5.92 Å². The average molecular weight is 592 g/mol. The molecule has 1 aromatic carbocycles. The number of aromatic amines is 2. The van der Waals surface area contributed by atoms with E-state index in [0.29, 0.717) is 63.4 Å². The van der Waals surface area contributed by atoms with E-state index in [9.17, 15) is 27.9 Å². The number of likely N-dealkylation sites (N-methyl/N-ethyl adjacent to an activating group) is 1. The van der Waals surface area contributed by atoms with Crippen molar-refractivity contribution in [3.63, 3.8) is 0 Å². The molecular formula is C30H28F3N7O3. The number of likely N-dealkylation sites (tertiary alicyclic amines) is 1. The minimum absolute atomic E-state index is 0.0936. The van der Waals surface area contributed by atoms with E-state index in [2.05, 4.69) is 42.1 Å². The second-order valence-corrected chi connectivity index (χ2v) is 11.3. The van der Waals surface area contributed by atoms with Crippen molar-refractivity contribution in [3.8, 4) is 11.1 Å². The number of anilines is 2. The van der Waals surface area contributed by atoms with Crippen LogP contribution in [-0.4, -0.2) is 75.2 Å². The lowest BCUT2D eigenvalue weighted by Gasteiger charge is -2.29. The fourth-order valence-electron chi connectivity index (χ4n) is 6.81. The van der Waals surface area contributed by atoms with E-state index < -0.39 is 28.7 Å². The molecule has 0 bridgehead atoms. The first-order valence-electron chi connectivity index (χ1n) is 14.0. The molecule has 0 unspecified atom stereocenters. The molecule has 5 aromatic rings. The second kappa shape index (κ2) is 9.69. The Morgan fingerprint density at radius 3 is 2.67 bits per heavy atom. The van der Waals surface area contributed by atoms with Crippen molar-refractivity contribution in [3.05, 3.63) is 58.1 Å². The van der Waals surface area contributed by atoms with Crippen molar-refractivity contribution >= 4 is 50.3 Å². The molecule has 0 radical (unpaired) electrons. The summed E-state index contributed by atoms with van der Waals surface area (Å²) in [5.74, 6) is -0.966. The normalized spacial score (nSPS) is 19.1. The number of hydrogen-bond acceptors (Lipinski definition) is 7. The molecule has 222 valence electrons. The summed E-state index contributed by atoms with van der Waals surface area (Å²) in [6.45, 7) is 4.67. The summed E-state index contributed by atoms with van der Waals surface area (Å²) in [5.41, 5.74) is 1.49. The predicted molar refractivity (Wildman–Crippen MR) is 158 cm³/mol. The Morgan fingerprint density at radius 1 is 1.14 bits per heavy atom. The Hall–Kier alpha value is -4.65. The molecule has 2 atom stereocenters. The van der Waals surface area contributed by atoms with Crippen LogP contribution in [0, 0.1) is 5.92 Å². The van der Waals surface area contributed by atoms with Crippen LogP contribution < -0.4 is 15.6 Å². The number of aromatic carboxylic acids is 1. The number of fused-ring (bicyclic) bond motifs is 5. The highest BCUT2D eigenvalue weighted by molar-refractivity contribution is 6.18. The summed E-state index contributed by atoms with van der Waals surface area (Å²) in [6.07, 6.45) is 0.694. The summed E-state index contributed by atoms with van der Waals surface area (Å²) in [5, 5.41) is 13.6. The fourth-order valence-corrected chi connectivity index (χ4v) is 6.81. The van der Waals surface area contributed by atoms with Gasteiger partial charge in [0.15, 0.2) is 0 Å². The second-order valence-electron chi connectivity index (χ2n) is 11.3. The van der Waals surface area contributed by atoms with E-state index >= 15 is 0 Å². The number of hydrogen-bond donors (Lipinski definition) is 4. The number of H-pyrrole nitrogens is 2. The molecule has 4 N–H and O–H groups in total. The van der Waals surface area contributed by atoms with Crippen molar-refractivity contribution in [2.45, 2.75) is 25.6 Å². The molecule has 0 spiro atoms. The Balaban J connectivity index is 1.55. The average Bonchev–Trinajstić information content (AvgIpc) is 3.64. The van der Waals surface area contributed by atoms with Gasteiger partial charge in [-0.15, -0.1) is 0 Å². The molecule has 13 heteroatoms. The Morgan fingerprint density at radius 2 is 1.93 bits per heavy atom. The van der Waals surface area contributed by atoms with Crippen LogP contribution in [0.2, 0.25) is 0 Å². The van der Waals surface area contributed by atoms with Gasteiger partial charge in [-0.1, -0.05) is 0 Å². The molecule has 0 saturated carbocycles. The van der Waals surface area contributed by atoms with Gasteiger partial charge >= 0.3 is 12.1 Å². The van der Waals surface area contributed by atoms with E-state index in [0.717, 1.165) is 31.8 Å². The summed E-state index contributed by atoms with van der Waals surface area (Å²) in [4.78, 5) is 44.3. The zero-order valence-electron chi connectivity index (χ0n) is 23.3. The van der Waals surface area contributed by atoms with Crippen LogP contribution in [0.3, 0.4) is 0 Å². The van der Waals surface area contributed by atoms with Gasteiger partial charge in [-0.3, -0.25) is 4.79 Å². The number of pyridine rings is 3. The molecule has 2 fully saturated rings. The predicted octanol–water partition coefficient (Wildman–Crippen LogP) is 4.91. The smallest absolute Gasteiger partial charge is 0.416 e. The van der Waals surface area contributed by atoms with Crippen molar-refractivity contribution in [2.75, 3.05) is 43.4 Å². The molecule has 0 aliphatic carbocycles. The van der Waals surface area contributed by atoms with Gasteiger partial charge in [-0.25, -0.2) is 14.8 Å². The van der Waals surface area contributed by atoms with Gasteiger partial charge in [0, 0.05) is 67.3 Å². The van der Waals surface area contributed by atoms with Crippen molar-refractivity contribution in [1.29, 1.82) is 0 Å². The van der Waals surface area contributed by atoms with Gasteiger partial charge in [0.2, 0.25) is 5.43 Å². The number of rotatable bonds is 5. The number of benzene rings is 1. The van der Waals surface area contributed by atoms with E-state index in [1.807, 2.05) is 6.92 Å². The monoisotopic (exact) mass is 591 g/mol. The number of nitrogens with zero attached hydrogens (tertiary/aromatic N) is 4. The zero-order valence-corrected chi connectivity index (χ0v) is 23.3. The summed E-state index contributed by atoms with van der Waals surface area (Å²) in [6, 6.07) is 3.99. The third kappa shape index (κ3) is 4.29. The third-order valence-electron chi connectivity index (χ3n) is 8.69. The minimum atomic E-state index is -4.56. The maximum Gasteiger partial charge on any atom is 0.416 e. The largest absolute Gasteiger partial charge is 0.477 e.